The molecule has 1 saturated carbocycles. The molecule has 1 aliphatic rings. The highest BCUT2D eigenvalue weighted by Gasteiger charge is 2.23. The highest BCUT2D eigenvalue weighted by molar-refractivity contribution is 5.33. The summed E-state index contributed by atoms with van der Waals surface area (Å²) < 4.78 is 0. The molecule has 2 nitrogen and oxygen atoms in total. The largest absolute Gasteiger partial charge is 0.235 e. The molecule has 12 heavy (non-hydrogen) atoms. The molecule has 1 rings (SSSR count). The minimum Gasteiger partial charge on any atom is -0.211 e. The first-order valence-corrected chi connectivity index (χ1v) is 4.81. The van der Waals surface area contributed by atoms with Crippen molar-refractivity contribution in [3.63, 3.8) is 0 Å². The van der Waals surface area contributed by atoms with Crippen molar-refractivity contribution in [2.24, 2.45) is 16.8 Å². The second-order valence-corrected chi connectivity index (χ2v) is 4.04. The number of hydrogen-bond acceptors (Lipinski definition) is 2. The van der Waals surface area contributed by atoms with Crippen LogP contribution in [0.1, 0.15) is 39.5 Å². The van der Waals surface area contributed by atoms with Gasteiger partial charge in [0.15, 0.2) is 0 Å². The van der Waals surface area contributed by atoms with Crippen LogP contribution in [0, 0.1) is 11.8 Å². The summed E-state index contributed by atoms with van der Waals surface area (Å²) in [4.78, 5) is 13.9. The highest BCUT2D eigenvalue weighted by atomic mass is 16.1. The van der Waals surface area contributed by atoms with E-state index in [1.54, 1.807) is 6.08 Å². The van der Waals surface area contributed by atoms with Crippen molar-refractivity contribution < 1.29 is 4.79 Å². The van der Waals surface area contributed by atoms with E-state index in [2.05, 4.69) is 18.8 Å². The summed E-state index contributed by atoms with van der Waals surface area (Å²) in [6, 6.07) is 0.267. The smallest absolute Gasteiger partial charge is 0.211 e. The second-order valence-electron chi connectivity index (χ2n) is 4.04. The van der Waals surface area contributed by atoms with E-state index in [9.17, 15) is 4.79 Å². The number of carbonyl (C=O) groups excluding carboxylic acids is 1. The maximum atomic E-state index is 10.1. The average molecular weight is 167 g/mol. The first-order chi connectivity index (χ1) is 5.74. The second kappa shape index (κ2) is 4.42. The van der Waals surface area contributed by atoms with Gasteiger partial charge in [0.2, 0.25) is 6.08 Å². The Hall–Kier alpha value is -0.620. The quantitative estimate of drug-likeness (QED) is 0.459. The van der Waals surface area contributed by atoms with Crippen LogP contribution in [-0.4, -0.2) is 12.1 Å². The number of hydrogen-bond donors (Lipinski definition) is 0. The van der Waals surface area contributed by atoms with E-state index >= 15 is 0 Å². The fourth-order valence-electron chi connectivity index (χ4n) is 2.00. The Bertz CT molecular complexity index is 182. The first-order valence-electron chi connectivity index (χ1n) is 4.81. The summed E-state index contributed by atoms with van der Waals surface area (Å²) in [7, 11) is 0. The average Bonchev–Trinajstić information content (AvgIpc) is 2.05. The van der Waals surface area contributed by atoms with Gasteiger partial charge in [-0.1, -0.05) is 26.7 Å². The lowest BCUT2D eigenvalue weighted by Crippen LogP contribution is -2.21. The van der Waals surface area contributed by atoms with Gasteiger partial charge in [0, 0.05) is 0 Å². The summed E-state index contributed by atoms with van der Waals surface area (Å²) in [5, 5.41) is 0. The van der Waals surface area contributed by atoms with Crippen LogP contribution in [0.15, 0.2) is 4.99 Å². The van der Waals surface area contributed by atoms with Crippen molar-refractivity contribution in [2.75, 3.05) is 0 Å². The van der Waals surface area contributed by atoms with Crippen molar-refractivity contribution in [3.8, 4) is 0 Å². The van der Waals surface area contributed by atoms with Crippen molar-refractivity contribution in [3.05, 3.63) is 0 Å². The van der Waals surface area contributed by atoms with E-state index in [4.69, 9.17) is 0 Å². The molecule has 0 amide bonds. The zero-order valence-electron chi connectivity index (χ0n) is 7.92. The molecule has 0 aromatic carbocycles. The SMILES string of the molecule is CC(C)C1CCCC(N=C=O)C1. The van der Waals surface area contributed by atoms with Crippen LogP contribution in [0.4, 0.5) is 0 Å². The molecule has 1 aliphatic carbocycles. The first kappa shape index (κ1) is 9.47. The van der Waals surface area contributed by atoms with Gasteiger partial charge in [-0.15, -0.1) is 0 Å². The third kappa shape index (κ3) is 2.46. The van der Waals surface area contributed by atoms with E-state index in [1.165, 1.54) is 12.8 Å². The number of rotatable bonds is 2. The van der Waals surface area contributed by atoms with Gasteiger partial charge in [0.1, 0.15) is 0 Å². The lowest BCUT2D eigenvalue weighted by Gasteiger charge is -2.28. The lowest BCUT2D eigenvalue weighted by atomic mass is 9.79. The Morgan fingerprint density at radius 3 is 2.75 bits per heavy atom. The van der Waals surface area contributed by atoms with E-state index in [1.807, 2.05) is 0 Å². The molecule has 0 aromatic rings. The van der Waals surface area contributed by atoms with Gasteiger partial charge >= 0.3 is 0 Å². The molecule has 1 fully saturated rings. The maximum Gasteiger partial charge on any atom is 0.235 e. The van der Waals surface area contributed by atoms with Crippen LogP contribution in [-0.2, 0) is 4.79 Å². The fraction of sp³-hybridized carbons (Fsp3) is 0.900. The standard InChI is InChI=1S/C10H17NO/c1-8(2)9-4-3-5-10(6-9)11-7-12/h8-10H,3-6H2,1-2H3. The third-order valence-electron chi connectivity index (χ3n) is 2.87. The van der Waals surface area contributed by atoms with Crippen LogP contribution in [0.25, 0.3) is 0 Å². The fourth-order valence-corrected chi connectivity index (χ4v) is 2.00. The summed E-state index contributed by atoms with van der Waals surface area (Å²) in [5.41, 5.74) is 0. The minimum atomic E-state index is 0.267. The van der Waals surface area contributed by atoms with Gasteiger partial charge in [-0.05, 0) is 24.7 Å². The Kier molecular flexibility index (Phi) is 3.48. The molecular formula is C10H17NO. The summed E-state index contributed by atoms with van der Waals surface area (Å²) in [6.45, 7) is 4.50. The maximum absolute atomic E-state index is 10.1. The number of isocyanates is 1. The normalized spacial score (nSPS) is 29.9. The molecule has 68 valence electrons. The lowest BCUT2D eigenvalue weighted by molar-refractivity contribution is 0.256. The Balaban J connectivity index is 2.45. The molecular weight excluding hydrogens is 150 g/mol. The van der Waals surface area contributed by atoms with Crippen LogP contribution < -0.4 is 0 Å². The zero-order chi connectivity index (χ0) is 8.97. The topological polar surface area (TPSA) is 29.4 Å². The molecule has 0 radical (unpaired) electrons. The van der Waals surface area contributed by atoms with Gasteiger partial charge in [-0.2, -0.15) is 0 Å². The van der Waals surface area contributed by atoms with E-state index in [-0.39, 0.29) is 6.04 Å². The van der Waals surface area contributed by atoms with Gasteiger partial charge in [-0.25, -0.2) is 9.79 Å². The molecule has 2 atom stereocenters. The Labute approximate surface area is 74.1 Å². The summed E-state index contributed by atoms with van der Waals surface area (Å²) in [6.07, 6.45) is 6.37. The van der Waals surface area contributed by atoms with Crippen molar-refractivity contribution in [2.45, 2.75) is 45.6 Å². The molecule has 0 aliphatic heterocycles. The predicted octanol–water partition coefficient (Wildman–Crippen LogP) is 2.54. The molecule has 0 N–H and O–H groups in total. The third-order valence-corrected chi connectivity index (χ3v) is 2.87. The molecule has 0 bridgehead atoms. The van der Waals surface area contributed by atoms with Crippen molar-refractivity contribution >= 4 is 6.08 Å². The van der Waals surface area contributed by atoms with Gasteiger partial charge in [0.05, 0.1) is 6.04 Å². The van der Waals surface area contributed by atoms with Gasteiger partial charge in [-0.3, -0.25) is 0 Å². The number of aliphatic imine (C=N–C) groups is 1. The van der Waals surface area contributed by atoms with E-state index in [0.29, 0.717) is 0 Å². The Morgan fingerprint density at radius 1 is 1.42 bits per heavy atom. The molecule has 2 unspecified atom stereocenters. The van der Waals surface area contributed by atoms with Crippen LogP contribution in [0.3, 0.4) is 0 Å². The van der Waals surface area contributed by atoms with E-state index in [0.717, 1.165) is 24.7 Å². The molecule has 0 saturated heterocycles. The van der Waals surface area contributed by atoms with Gasteiger partial charge < -0.3 is 0 Å². The summed E-state index contributed by atoms with van der Waals surface area (Å²) >= 11 is 0. The van der Waals surface area contributed by atoms with E-state index < -0.39 is 0 Å². The molecule has 0 heterocycles. The minimum absolute atomic E-state index is 0.267. The van der Waals surface area contributed by atoms with Crippen molar-refractivity contribution in [1.82, 2.24) is 0 Å². The monoisotopic (exact) mass is 167 g/mol. The van der Waals surface area contributed by atoms with Crippen LogP contribution in [0.5, 0.6) is 0 Å². The Morgan fingerprint density at radius 2 is 2.17 bits per heavy atom. The number of nitrogens with zero attached hydrogens (tertiary/aromatic N) is 1. The zero-order valence-corrected chi connectivity index (χ0v) is 7.92. The molecule has 0 spiro atoms. The van der Waals surface area contributed by atoms with Gasteiger partial charge in [0.25, 0.3) is 0 Å². The predicted molar refractivity (Wildman–Crippen MR) is 48.7 cm³/mol. The summed E-state index contributed by atoms with van der Waals surface area (Å²) in [5.74, 6) is 1.50. The van der Waals surface area contributed by atoms with Crippen LogP contribution >= 0.6 is 0 Å². The molecule has 0 aromatic heterocycles. The molecule has 2 heteroatoms. The highest BCUT2D eigenvalue weighted by Crippen LogP contribution is 2.31. The van der Waals surface area contributed by atoms with Crippen LogP contribution in [0.2, 0.25) is 0 Å². The van der Waals surface area contributed by atoms with Crippen molar-refractivity contribution in [1.29, 1.82) is 0 Å².